The number of nitrogens with one attached hydrogen (secondary N) is 2. The molecule has 3 rings (SSSR count). The zero-order valence-corrected chi connectivity index (χ0v) is 19.5. The normalized spacial score (nSPS) is 11.0. The van der Waals surface area contributed by atoms with E-state index in [-0.39, 0.29) is 0 Å². The molecule has 170 valence electrons. The molecule has 2 N–H and O–H groups in total. The summed E-state index contributed by atoms with van der Waals surface area (Å²) in [5, 5.41) is 6.57. The molecule has 3 aromatic rings. The van der Waals surface area contributed by atoms with Gasteiger partial charge < -0.3 is 15.4 Å². The van der Waals surface area contributed by atoms with Gasteiger partial charge in [-0.1, -0.05) is 37.3 Å². The Morgan fingerprint density at radius 1 is 1.00 bits per heavy atom. The van der Waals surface area contributed by atoms with Crippen LogP contribution in [0.25, 0.3) is 11.3 Å². The summed E-state index contributed by atoms with van der Waals surface area (Å²) < 4.78 is 5.30. The van der Waals surface area contributed by atoms with Crippen molar-refractivity contribution < 1.29 is 4.74 Å². The van der Waals surface area contributed by atoms with Crippen LogP contribution in [0.2, 0.25) is 0 Å². The molecular weight excluding hydrogens is 398 g/mol. The summed E-state index contributed by atoms with van der Waals surface area (Å²) in [6, 6.07) is 18.8. The number of nitrogens with zero attached hydrogens (tertiary/aromatic N) is 3. The molecule has 0 saturated heterocycles. The van der Waals surface area contributed by atoms with Gasteiger partial charge in [-0.15, -0.1) is 0 Å². The molecule has 0 unspecified atom stereocenters. The third kappa shape index (κ3) is 7.32. The molecule has 6 heteroatoms. The molecule has 0 radical (unpaired) electrons. The van der Waals surface area contributed by atoms with Crippen LogP contribution in [0.4, 0.5) is 5.95 Å². The highest BCUT2D eigenvalue weighted by atomic mass is 16.5. The van der Waals surface area contributed by atoms with E-state index in [9.17, 15) is 0 Å². The van der Waals surface area contributed by atoms with Gasteiger partial charge in [-0.3, -0.25) is 4.90 Å². The topological polar surface area (TPSA) is 62.3 Å². The van der Waals surface area contributed by atoms with E-state index in [0.29, 0.717) is 5.95 Å². The minimum atomic E-state index is 0.651. The highest BCUT2D eigenvalue weighted by molar-refractivity contribution is 5.60. The Hall–Kier alpha value is -2.96. The van der Waals surface area contributed by atoms with Gasteiger partial charge in [-0.05, 0) is 74.9 Å². The SMILES string of the molecule is CCN(CCCNC)Cc1cccc(-c2ccnc(NCCc3cccc(OC)c3)n2)c1. The monoisotopic (exact) mass is 433 g/mol. The highest BCUT2D eigenvalue weighted by Gasteiger charge is 2.07. The van der Waals surface area contributed by atoms with Gasteiger partial charge in [0, 0.05) is 24.8 Å². The van der Waals surface area contributed by atoms with Gasteiger partial charge in [-0.25, -0.2) is 9.97 Å². The zero-order chi connectivity index (χ0) is 22.6. The second kappa shape index (κ2) is 12.8. The van der Waals surface area contributed by atoms with Gasteiger partial charge in [-0.2, -0.15) is 0 Å². The van der Waals surface area contributed by atoms with Crippen molar-refractivity contribution in [3.8, 4) is 17.0 Å². The maximum atomic E-state index is 5.30. The maximum absolute atomic E-state index is 5.30. The van der Waals surface area contributed by atoms with Crippen molar-refractivity contribution in [3.63, 3.8) is 0 Å². The van der Waals surface area contributed by atoms with Crippen molar-refractivity contribution in [2.24, 2.45) is 0 Å². The average Bonchev–Trinajstić information content (AvgIpc) is 2.84. The van der Waals surface area contributed by atoms with E-state index in [4.69, 9.17) is 9.72 Å². The Kier molecular flexibility index (Phi) is 9.47. The summed E-state index contributed by atoms with van der Waals surface area (Å²) in [4.78, 5) is 11.6. The van der Waals surface area contributed by atoms with Crippen LogP contribution in [-0.2, 0) is 13.0 Å². The maximum Gasteiger partial charge on any atom is 0.223 e. The first-order chi connectivity index (χ1) is 15.7. The van der Waals surface area contributed by atoms with E-state index in [1.165, 1.54) is 11.1 Å². The fourth-order valence-corrected chi connectivity index (χ4v) is 3.67. The Balaban J connectivity index is 1.61. The number of hydrogen-bond acceptors (Lipinski definition) is 6. The van der Waals surface area contributed by atoms with Gasteiger partial charge in [0.25, 0.3) is 0 Å². The number of aromatic nitrogens is 2. The number of rotatable bonds is 13. The van der Waals surface area contributed by atoms with E-state index in [1.807, 2.05) is 31.4 Å². The standard InChI is InChI=1S/C26H35N5O/c1-4-31(17-7-14-27-2)20-22-9-5-10-23(18-22)25-13-16-29-26(30-25)28-15-12-21-8-6-11-24(19-21)32-3/h5-6,8-11,13,16,18-19,27H,4,7,12,14-15,17,20H2,1-3H3,(H,28,29,30). The van der Waals surface area contributed by atoms with Crippen molar-refractivity contribution >= 4 is 5.95 Å². The summed E-state index contributed by atoms with van der Waals surface area (Å²) in [6.07, 6.45) is 3.85. The molecule has 6 nitrogen and oxygen atoms in total. The lowest BCUT2D eigenvalue weighted by atomic mass is 10.1. The van der Waals surface area contributed by atoms with Gasteiger partial charge in [0.15, 0.2) is 0 Å². The Morgan fingerprint density at radius 3 is 2.66 bits per heavy atom. The summed E-state index contributed by atoms with van der Waals surface area (Å²) in [5.41, 5.74) is 4.58. The molecule has 2 aromatic carbocycles. The largest absolute Gasteiger partial charge is 0.497 e. The van der Waals surface area contributed by atoms with Gasteiger partial charge in [0.1, 0.15) is 5.75 Å². The first-order valence-corrected chi connectivity index (χ1v) is 11.4. The molecular formula is C26H35N5O. The minimum Gasteiger partial charge on any atom is -0.497 e. The smallest absolute Gasteiger partial charge is 0.223 e. The summed E-state index contributed by atoms with van der Waals surface area (Å²) in [5.74, 6) is 1.53. The van der Waals surface area contributed by atoms with Crippen LogP contribution >= 0.6 is 0 Å². The molecule has 0 amide bonds. The minimum absolute atomic E-state index is 0.651. The van der Waals surface area contributed by atoms with Crippen molar-refractivity contribution in [1.29, 1.82) is 0 Å². The predicted molar refractivity (Wildman–Crippen MR) is 132 cm³/mol. The Bertz CT molecular complexity index is 962. The molecule has 1 heterocycles. The third-order valence-electron chi connectivity index (χ3n) is 5.46. The van der Waals surface area contributed by atoms with Gasteiger partial charge in [0.05, 0.1) is 12.8 Å². The first kappa shape index (κ1) is 23.7. The van der Waals surface area contributed by atoms with Crippen LogP contribution < -0.4 is 15.4 Å². The van der Waals surface area contributed by atoms with E-state index in [2.05, 4.69) is 63.8 Å². The molecule has 0 atom stereocenters. The molecule has 0 bridgehead atoms. The molecule has 0 spiro atoms. The van der Waals surface area contributed by atoms with E-state index in [1.54, 1.807) is 7.11 Å². The van der Waals surface area contributed by atoms with E-state index < -0.39 is 0 Å². The number of hydrogen-bond donors (Lipinski definition) is 2. The predicted octanol–water partition coefficient (Wildman–Crippen LogP) is 4.24. The molecule has 0 aliphatic heterocycles. The zero-order valence-electron chi connectivity index (χ0n) is 19.5. The average molecular weight is 434 g/mol. The van der Waals surface area contributed by atoms with Crippen molar-refractivity contribution in [2.45, 2.75) is 26.3 Å². The second-order valence-electron chi connectivity index (χ2n) is 7.82. The second-order valence-corrected chi connectivity index (χ2v) is 7.82. The van der Waals surface area contributed by atoms with Crippen LogP contribution in [0, 0.1) is 0 Å². The van der Waals surface area contributed by atoms with Crippen LogP contribution in [0.5, 0.6) is 5.75 Å². The molecule has 0 fully saturated rings. The lowest BCUT2D eigenvalue weighted by molar-refractivity contribution is 0.276. The van der Waals surface area contributed by atoms with Crippen LogP contribution in [-0.4, -0.2) is 55.2 Å². The quantitative estimate of drug-likeness (QED) is 0.393. The first-order valence-electron chi connectivity index (χ1n) is 11.4. The third-order valence-corrected chi connectivity index (χ3v) is 5.46. The van der Waals surface area contributed by atoms with E-state index in [0.717, 1.165) is 62.6 Å². The Labute approximate surface area is 192 Å². The van der Waals surface area contributed by atoms with Gasteiger partial charge in [0.2, 0.25) is 5.95 Å². The van der Waals surface area contributed by atoms with Crippen LogP contribution in [0.3, 0.4) is 0 Å². The Morgan fingerprint density at radius 2 is 1.84 bits per heavy atom. The van der Waals surface area contributed by atoms with E-state index >= 15 is 0 Å². The highest BCUT2D eigenvalue weighted by Crippen LogP contribution is 2.20. The number of anilines is 1. The van der Waals surface area contributed by atoms with Crippen LogP contribution in [0.15, 0.2) is 60.8 Å². The number of benzene rings is 2. The van der Waals surface area contributed by atoms with Crippen molar-refractivity contribution in [3.05, 3.63) is 71.9 Å². The lowest BCUT2D eigenvalue weighted by Gasteiger charge is -2.20. The summed E-state index contributed by atoms with van der Waals surface area (Å²) in [6.45, 7) is 7.11. The molecule has 32 heavy (non-hydrogen) atoms. The van der Waals surface area contributed by atoms with Crippen molar-refractivity contribution in [1.82, 2.24) is 20.2 Å². The van der Waals surface area contributed by atoms with Crippen LogP contribution in [0.1, 0.15) is 24.5 Å². The molecule has 0 aliphatic carbocycles. The van der Waals surface area contributed by atoms with Gasteiger partial charge >= 0.3 is 0 Å². The fourth-order valence-electron chi connectivity index (χ4n) is 3.67. The summed E-state index contributed by atoms with van der Waals surface area (Å²) >= 11 is 0. The molecule has 1 aromatic heterocycles. The molecule has 0 aliphatic rings. The lowest BCUT2D eigenvalue weighted by Crippen LogP contribution is -2.26. The summed E-state index contributed by atoms with van der Waals surface area (Å²) in [7, 11) is 3.69. The molecule has 0 saturated carbocycles. The fraction of sp³-hybridized carbons (Fsp3) is 0.385. The number of ether oxygens (including phenoxy) is 1. The number of methoxy groups -OCH3 is 1. The van der Waals surface area contributed by atoms with Crippen molar-refractivity contribution in [2.75, 3.05) is 45.7 Å².